The maximum Gasteiger partial charge on any atom is 0.126 e. The second kappa shape index (κ2) is 4.23. The lowest BCUT2D eigenvalue weighted by atomic mass is 9.95. The number of hydrogen-bond acceptors (Lipinski definition) is 2. The predicted molar refractivity (Wildman–Crippen MR) is 67.7 cm³/mol. The minimum Gasteiger partial charge on any atom is -0.341 e. The molecule has 86 valence electrons. The van der Waals surface area contributed by atoms with Crippen molar-refractivity contribution in [3.05, 3.63) is 41.3 Å². The molecule has 0 aliphatic rings. The van der Waals surface area contributed by atoms with Crippen molar-refractivity contribution < 1.29 is 0 Å². The van der Waals surface area contributed by atoms with Gasteiger partial charge in [0.25, 0.3) is 0 Å². The molecule has 0 aliphatic heterocycles. The first-order chi connectivity index (χ1) is 8.03. The van der Waals surface area contributed by atoms with Gasteiger partial charge in [-0.25, -0.2) is 4.98 Å². The van der Waals surface area contributed by atoms with Gasteiger partial charge in [-0.1, -0.05) is 23.7 Å². The van der Waals surface area contributed by atoms with E-state index in [-0.39, 0.29) is 0 Å². The molecular formula is C13H12ClN3. The molecule has 0 saturated carbocycles. The number of hydrogen-bond donors (Lipinski definition) is 1. The van der Waals surface area contributed by atoms with E-state index < -0.39 is 5.41 Å². The van der Waals surface area contributed by atoms with Crippen molar-refractivity contribution in [3.8, 4) is 17.3 Å². The van der Waals surface area contributed by atoms with E-state index in [9.17, 15) is 0 Å². The summed E-state index contributed by atoms with van der Waals surface area (Å²) in [5.41, 5.74) is 1.28. The molecule has 0 unspecified atom stereocenters. The van der Waals surface area contributed by atoms with Crippen LogP contribution in [0.25, 0.3) is 11.3 Å². The third-order valence-corrected chi connectivity index (χ3v) is 2.85. The largest absolute Gasteiger partial charge is 0.341 e. The van der Waals surface area contributed by atoms with Crippen LogP contribution < -0.4 is 0 Å². The van der Waals surface area contributed by atoms with Crippen molar-refractivity contribution in [2.45, 2.75) is 19.3 Å². The van der Waals surface area contributed by atoms with Gasteiger partial charge in [0, 0.05) is 5.02 Å². The fraction of sp³-hybridized carbons (Fsp3) is 0.231. The zero-order valence-electron chi connectivity index (χ0n) is 9.66. The lowest BCUT2D eigenvalue weighted by molar-refractivity contribution is 0.640. The van der Waals surface area contributed by atoms with Gasteiger partial charge in [-0.2, -0.15) is 5.26 Å². The summed E-state index contributed by atoms with van der Waals surface area (Å²) in [4.78, 5) is 7.41. The van der Waals surface area contributed by atoms with Crippen molar-refractivity contribution >= 4 is 11.6 Å². The van der Waals surface area contributed by atoms with Crippen LogP contribution in [0, 0.1) is 11.3 Å². The molecule has 0 bridgehead atoms. The molecule has 1 heterocycles. The van der Waals surface area contributed by atoms with Crippen LogP contribution in [0.1, 0.15) is 19.7 Å². The number of nitrogens with zero attached hydrogens (tertiary/aromatic N) is 2. The Morgan fingerprint density at radius 3 is 2.53 bits per heavy atom. The molecule has 3 nitrogen and oxygen atoms in total. The SMILES string of the molecule is CC(C)(C#N)c1ncc(-c2ccc(Cl)cc2)[nH]1. The molecule has 1 N–H and O–H groups in total. The van der Waals surface area contributed by atoms with Gasteiger partial charge in [-0.3, -0.25) is 0 Å². The van der Waals surface area contributed by atoms with Crippen LogP contribution >= 0.6 is 11.6 Å². The highest BCUT2D eigenvalue weighted by Crippen LogP contribution is 2.24. The zero-order chi connectivity index (χ0) is 12.5. The fourth-order valence-electron chi connectivity index (χ4n) is 1.47. The zero-order valence-corrected chi connectivity index (χ0v) is 10.4. The molecule has 4 heteroatoms. The number of rotatable bonds is 2. The van der Waals surface area contributed by atoms with E-state index in [0.717, 1.165) is 11.3 Å². The molecular weight excluding hydrogens is 234 g/mol. The average molecular weight is 246 g/mol. The van der Waals surface area contributed by atoms with Gasteiger partial charge in [-0.15, -0.1) is 0 Å². The number of nitrogens with one attached hydrogen (secondary N) is 1. The van der Waals surface area contributed by atoms with Crippen LogP contribution in [0.2, 0.25) is 5.02 Å². The quantitative estimate of drug-likeness (QED) is 0.880. The van der Waals surface area contributed by atoms with Crippen LogP contribution in [0.5, 0.6) is 0 Å². The molecule has 2 aromatic rings. The van der Waals surface area contributed by atoms with Gasteiger partial charge in [0.1, 0.15) is 11.2 Å². The summed E-state index contributed by atoms with van der Waals surface area (Å²) in [7, 11) is 0. The van der Waals surface area contributed by atoms with E-state index in [0.29, 0.717) is 10.8 Å². The van der Waals surface area contributed by atoms with Crippen molar-refractivity contribution in [1.82, 2.24) is 9.97 Å². The lowest BCUT2D eigenvalue weighted by Crippen LogP contribution is -2.15. The first kappa shape index (κ1) is 11.7. The van der Waals surface area contributed by atoms with E-state index in [1.807, 2.05) is 38.1 Å². The number of H-pyrrole nitrogens is 1. The van der Waals surface area contributed by atoms with Gasteiger partial charge in [-0.05, 0) is 31.5 Å². The highest BCUT2D eigenvalue weighted by molar-refractivity contribution is 6.30. The summed E-state index contributed by atoms with van der Waals surface area (Å²) in [6, 6.07) is 9.70. The molecule has 0 spiro atoms. The summed E-state index contributed by atoms with van der Waals surface area (Å²) in [5.74, 6) is 0.671. The van der Waals surface area contributed by atoms with Gasteiger partial charge in [0.05, 0.1) is 18.0 Å². The molecule has 0 fully saturated rings. The molecule has 1 aromatic heterocycles. The summed E-state index contributed by atoms with van der Waals surface area (Å²) in [6.07, 6.45) is 1.73. The topological polar surface area (TPSA) is 52.5 Å². The Bertz CT molecular complexity index is 561. The molecule has 0 atom stereocenters. The Morgan fingerprint density at radius 2 is 1.94 bits per heavy atom. The summed E-state index contributed by atoms with van der Waals surface area (Å²) in [6.45, 7) is 3.66. The van der Waals surface area contributed by atoms with Crippen molar-refractivity contribution in [2.75, 3.05) is 0 Å². The van der Waals surface area contributed by atoms with E-state index in [1.54, 1.807) is 6.20 Å². The van der Waals surface area contributed by atoms with E-state index in [1.165, 1.54) is 0 Å². The highest BCUT2D eigenvalue weighted by Gasteiger charge is 2.23. The third kappa shape index (κ3) is 2.32. The molecule has 0 amide bonds. The highest BCUT2D eigenvalue weighted by atomic mass is 35.5. The lowest BCUT2D eigenvalue weighted by Gasteiger charge is -2.10. The van der Waals surface area contributed by atoms with Crippen molar-refractivity contribution in [1.29, 1.82) is 5.26 Å². The molecule has 2 rings (SSSR count). The Morgan fingerprint density at radius 1 is 1.29 bits per heavy atom. The van der Waals surface area contributed by atoms with Crippen molar-refractivity contribution in [3.63, 3.8) is 0 Å². The molecule has 17 heavy (non-hydrogen) atoms. The maximum absolute atomic E-state index is 9.04. The predicted octanol–water partition coefficient (Wildman–Crippen LogP) is 3.53. The summed E-state index contributed by atoms with van der Waals surface area (Å²) >= 11 is 5.83. The van der Waals surface area contributed by atoms with Crippen LogP contribution in [-0.2, 0) is 5.41 Å². The minimum atomic E-state index is -0.606. The number of aromatic nitrogens is 2. The van der Waals surface area contributed by atoms with Crippen LogP contribution in [-0.4, -0.2) is 9.97 Å². The standard InChI is InChI=1S/C13H12ClN3/c1-13(2,8-15)12-16-7-11(17-12)9-3-5-10(14)6-4-9/h3-7H,1-2H3,(H,16,17). The van der Waals surface area contributed by atoms with Crippen LogP contribution in [0.15, 0.2) is 30.5 Å². The number of aromatic amines is 1. The number of benzene rings is 1. The molecule has 0 aliphatic carbocycles. The smallest absolute Gasteiger partial charge is 0.126 e. The van der Waals surface area contributed by atoms with Gasteiger partial charge in [0.2, 0.25) is 0 Å². The first-order valence-corrected chi connectivity index (χ1v) is 5.63. The van der Waals surface area contributed by atoms with Gasteiger partial charge in [0.15, 0.2) is 0 Å². The summed E-state index contributed by atoms with van der Waals surface area (Å²) in [5, 5.41) is 9.74. The third-order valence-electron chi connectivity index (χ3n) is 2.60. The van der Waals surface area contributed by atoms with E-state index >= 15 is 0 Å². The second-order valence-electron chi connectivity index (χ2n) is 4.39. The monoisotopic (exact) mass is 245 g/mol. The average Bonchev–Trinajstić information content (AvgIpc) is 2.80. The fourth-order valence-corrected chi connectivity index (χ4v) is 1.59. The molecule has 0 radical (unpaired) electrons. The van der Waals surface area contributed by atoms with Crippen molar-refractivity contribution in [2.24, 2.45) is 0 Å². The normalized spacial score (nSPS) is 11.2. The van der Waals surface area contributed by atoms with Crippen LogP contribution in [0.4, 0.5) is 0 Å². The number of imidazole rings is 1. The summed E-state index contributed by atoms with van der Waals surface area (Å²) < 4.78 is 0. The Hall–Kier alpha value is -1.79. The van der Waals surface area contributed by atoms with Gasteiger partial charge < -0.3 is 4.98 Å². The Labute approximate surface area is 105 Å². The minimum absolute atomic E-state index is 0.606. The Kier molecular flexibility index (Phi) is 2.91. The maximum atomic E-state index is 9.04. The molecule has 1 aromatic carbocycles. The van der Waals surface area contributed by atoms with E-state index in [4.69, 9.17) is 16.9 Å². The van der Waals surface area contributed by atoms with Crippen LogP contribution in [0.3, 0.4) is 0 Å². The van der Waals surface area contributed by atoms with Gasteiger partial charge >= 0.3 is 0 Å². The number of nitriles is 1. The number of halogens is 1. The second-order valence-corrected chi connectivity index (χ2v) is 4.83. The van der Waals surface area contributed by atoms with E-state index in [2.05, 4.69) is 16.0 Å². The Balaban J connectivity index is 2.37. The first-order valence-electron chi connectivity index (χ1n) is 5.25. The molecule has 0 saturated heterocycles.